The molecule has 0 aliphatic carbocycles. The number of anilines is 1. The van der Waals surface area contributed by atoms with Crippen LogP contribution in [0.3, 0.4) is 0 Å². The summed E-state index contributed by atoms with van der Waals surface area (Å²) < 4.78 is 7.31. The highest BCUT2D eigenvalue weighted by Crippen LogP contribution is 2.32. The Balaban J connectivity index is 0.000000513. The van der Waals surface area contributed by atoms with Crippen molar-refractivity contribution >= 4 is 30.1 Å². The fourth-order valence-electron chi connectivity index (χ4n) is 3.10. The zero-order valence-corrected chi connectivity index (χ0v) is 17.4. The highest BCUT2D eigenvalue weighted by Gasteiger charge is 2.27. The molecule has 31 heavy (non-hydrogen) atoms. The molecule has 1 atom stereocenters. The number of carbonyl (C=O) groups is 2. The van der Waals surface area contributed by atoms with Gasteiger partial charge in [-0.2, -0.15) is 0 Å². The summed E-state index contributed by atoms with van der Waals surface area (Å²) in [4.78, 5) is 31.3. The van der Waals surface area contributed by atoms with Crippen LogP contribution >= 0.6 is 11.6 Å². The Hall–Kier alpha value is -3.62. The fraction of sp³-hybridized carbons (Fsp3) is 0.136. The largest absolute Gasteiger partial charge is 0.372 e. The summed E-state index contributed by atoms with van der Waals surface area (Å²) in [5, 5.41) is 0.720. The summed E-state index contributed by atoms with van der Waals surface area (Å²) in [7, 11) is 0. The Morgan fingerprint density at radius 1 is 0.903 bits per heavy atom. The first-order chi connectivity index (χ1) is 15.0. The summed E-state index contributed by atoms with van der Waals surface area (Å²) in [6.45, 7) is 1.18. The Kier molecular flexibility index (Phi) is 9.28. The Labute approximate surface area is 184 Å². The van der Waals surface area contributed by atoms with Gasteiger partial charge < -0.3 is 21.1 Å². The second kappa shape index (κ2) is 12.2. The minimum Gasteiger partial charge on any atom is -0.372 e. The standard InChI is InChI=1S/C20H17ClN2O2.2CH3NO/c21-16-6-10-18(11-7-16)23-14-25-13-19(23)15-4-8-17(9-5-15)22-12-2-1-3-20(22)24;2*2-1-3/h1-12,19H,13-14H2;2*1H,(H2,2,3). The van der Waals surface area contributed by atoms with Crippen molar-refractivity contribution < 1.29 is 14.3 Å². The first-order valence-electron chi connectivity index (χ1n) is 9.24. The summed E-state index contributed by atoms with van der Waals surface area (Å²) >= 11 is 5.98. The van der Waals surface area contributed by atoms with Gasteiger partial charge in [0.1, 0.15) is 6.73 Å². The minimum atomic E-state index is -0.0396. The van der Waals surface area contributed by atoms with Crippen LogP contribution in [-0.4, -0.2) is 30.7 Å². The van der Waals surface area contributed by atoms with E-state index < -0.39 is 0 Å². The van der Waals surface area contributed by atoms with Crippen molar-refractivity contribution in [1.82, 2.24) is 4.57 Å². The van der Waals surface area contributed by atoms with E-state index in [1.54, 1.807) is 22.9 Å². The molecular formula is C22H23ClN4O4. The number of carbonyl (C=O) groups excluding carboxylic acids is 2. The predicted molar refractivity (Wildman–Crippen MR) is 120 cm³/mol. The van der Waals surface area contributed by atoms with E-state index in [0.717, 1.165) is 22.0 Å². The lowest BCUT2D eigenvalue weighted by atomic mass is 10.1. The van der Waals surface area contributed by atoms with Crippen LogP contribution in [0.1, 0.15) is 11.6 Å². The van der Waals surface area contributed by atoms with E-state index in [0.29, 0.717) is 13.3 Å². The van der Waals surface area contributed by atoms with Crippen molar-refractivity contribution in [1.29, 1.82) is 0 Å². The van der Waals surface area contributed by atoms with E-state index in [1.165, 1.54) is 0 Å². The molecule has 1 saturated heterocycles. The second-order valence-electron chi connectivity index (χ2n) is 6.23. The number of aromatic nitrogens is 1. The van der Waals surface area contributed by atoms with E-state index in [-0.39, 0.29) is 24.4 Å². The number of nitrogens with two attached hydrogens (primary N) is 2. The van der Waals surface area contributed by atoms with E-state index in [9.17, 15) is 4.79 Å². The number of hydrogen-bond donors (Lipinski definition) is 2. The van der Waals surface area contributed by atoms with Crippen molar-refractivity contribution in [3.05, 3.63) is 93.9 Å². The lowest BCUT2D eigenvalue weighted by molar-refractivity contribution is -0.107. The number of nitrogens with zero attached hydrogens (tertiary/aromatic N) is 2. The molecule has 4 N–H and O–H groups in total. The van der Waals surface area contributed by atoms with Gasteiger partial charge in [-0.15, -0.1) is 0 Å². The predicted octanol–water partition coefficient (Wildman–Crippen LogP) is 2.23. The van der Waals surface area contributed by atoms with Gasteiger partial charge in [-0.1, -0.05) is 29.8 Å². The number of halogens is 1. The lowest BCUT2D eigenvalue weighted by Crippen LogP contribution is -2.23. The molecule has 3 aromatic rings. The molecule has 4 rings (SSSR count). The van der Waals surface area contributed by atoms with Crippen LogP contribution in [0.5, 0.6) is 0 Å². The molecule has 0 spiro atoms. The Morgan fingerprint density at radius 3 is 2.06 bits per heavy atom. The van der Waals surface area contributed by atoms with E-state index in [2.05, 4.69) is 28.5 Å². The summed E-state index contributed by atoms with van der Waals surface area (Å²) in [6.07, 6.45) is 2.27. The van der Waals surface area contributed by atoms with Gasteiger partial charge >= 0.3 is 0 Å². The molecule has 9 heteroatoms. The van der Waals surface area contributed by atoms with Crippen molar-refractivity contribution in [2.75, 3.05) is 18.2 Å². The van der Waals surface area contributed by atoms with Crippen LogP contribution in [0.15, 0.2) is 77.7 Å². The van der Waals surface area contributed by atoms with Gasteiger partial charge in [0.25, 0.3) is 5.56 Å². The summed E-state index contributed by atoms with van der Waals surface area (Å²) in [6, 6.07) is 21.1. The third kappa shape index (κ3) is 6.43. The number of primary amides is 2. The number of amides is 2. The Bertz CT molecular complexity index is 1020. The molecular weight excluding hydrogens is 420 g/mol. The van der Waals surface area contributed by atoms with Gasteiger partial charge in [-0.05, 0) is 48.0 Å². The van der Waals surface area contributed by atoms with Crippen LogP contribution in [0.25, 0.3) is 5.69 Å². The number of rotatable bonds is 3. The first kappa shape index (κ1) is 23.7. The Morgan fingerprint density at radius 2 is 1.48 bits per heavy atom. The molecule has 0 bridgehead atoms. The van der Waals surface area contributed by atoms with Crippen LogP contribution < -0.4 is 21.9 Å². The topological polar surface area (TPSA) is 121 Å². The smallest absolute Gasteiger partial charge is 0.255 e. The normalized spacial score (nSPS) is 14.5. The highest BCUT2D eigenvalue weighted by molar-refractivity contribution is 6.30. The zero-order valence-electron chi connectivity index (χ0n) is 16.6. The minimum absolute atomic E-state index is 0.0396. The summed E-state index contributed by atoms with van der Waals surface area (Å²) in [5.74, 6) is 0. The van der Waals surface area contributed by atoms with Gasteiger partial charge in [0.05, 0.1) is 12.6 Å². The number of hydrogen-bond acceptors (Lipinski definition) is 5. The van der Waals surface area contributed by atoms with Gasteiger partial charge in [0.15, 0.2) is 0 Å². The van der Waals surface area contributed by atoms with Gasteiger partial charge in [0, 0.05) is 28.7 Å². The van der Waals surface area contributed by atoms with Gasteiger partial charge in [-0.3, -0.25) is 19.0 Å². The van der Waals surface area contributed by atoms with Crippen molar-refractivity contribution in [3.63, 3.8) is 0 Å². The molecule has 1 aromatic heterocycles. The second-order valence-corrected chi connectivity index (χ2v) is 6.67. The van der Waals surface area contributed by atoms with E-state index >= 15 is 0 Å². The molecule has 1 unspecified atom stereocenters. The monoisotopic (exact) mass is 442 g/mol. The van der Waals surface area contributed by atoms with Crippen molar-refractivity contribution in [2.45, 2.75) is 6.04 Å². The molecule has 2 heterocycles. The fourth-order valence-corrected chi connectivity index (χ4v) is 3.23. The molecule has 1 aliphatic rings. The molecule has 162 valence electrons. The quantitative estimate of drug-likeness (QED) is 0.602. The highest BCUT2D eigenvalue weighted by atomic mass is 35.5. The van der Waals surface area contributed by atoms with Crippen LogP contribution in [-0.2, 0) is 14.3 Å². The maximum absolute atomic E-state index is 11.9. The maximum Gasteiger partial charge on any atom is 0.255 e. The SMILES string of the molecule is NC=O.NC=O.O=c1ccccn1-c1ccc(C2COCN2c2ccc(Cl)cc2)cc1. The average Bonchev–Trinajstić information content (AvgIpc) is 3.26. The lowest BCUT2D eigenvalue weighted by Gasteiger charge is -2.25. The molecule has 2 aromatic carbocycles. The summed E-state index contributed by atoms with van der Waals surface area (Å²) in [5.41, 5.74) is 11.4. The molecule has 1 aliphatic heterocycles. The molecule has 1 fully saturated rings. The third-order valence-electron chi connectivity index (χ3n) is 4.42. The van der Waals surface area contributed by atoms with Gasteiger partial charge in [-0.25, -0.2) is 0 Å². The maximum atomic E-state index is 11.9. The van der Waals surface area contributed by atoms with Crippen LogP contribution in [0.4, 0.5) is 5.69 Å². The van der Waals surface area contributed by atoms with Crippen molar-refractivity contribution in [2.24, 2.45) is 11.5 Å². The number of ether oxygens (including phenoxy) is 1. The number of benzene rings is 2. The van der Waals surface area contributed by atoms with Crippen LogP contribution in [0.2, 0.25) is 5.02 Å². The van der Waals surface area contributed by atoms with Crippen LogP contribution in [0, 0.1) is 0 Å². The number of pyridine rings is 1. The average molecular weight is 443 g/mol. The first-order valence-corrected chi connectivity index (χ1v) is 9.62. The van der Waals surface area contributed by atoms with Gasteiger partial charge in [0.2, 0.25) is 12.8 Å². The van der Waals surface area contributed by atoms with E-state index in [4.69, 9.17) is 25.9 Å². The molecule has 0 radical (unpaired) electrons. The zero-order chi connectivity index (χ0) is 22.6. The molecule has 0 saturated carbocycles. The van der Waals surface area contributed by atoms with E-state index in [1.807, 2.05) is 42.5 Å². The third-order valence-corrected chi connectivity index (χ3v) is 4.67. The molecule has 2 amide bonds. The van der Waals surface area contributed by atoms with Crippen molar-refractivity contribution in [3.8, 4) is 5.69 Å². The molecule has 8 nitrogen and oxygen atoms in total.